The van der Waals surface area contributed by atoms with Crippen LogP contribution < -0.4 is 14.8 Å². The zero-order valence-electron chi connectivity index (χ0n) is 20.9. The molecule has 0 saturated carbocycles. The molecule has 8 heteroatoms. The highest BCUT2D eigenvalue weighted by Crippen LogP contribution is 2.34. The van der Waals surface area contributed by atoms with Crippen molar-refractivity contribution in [2.75, 3.05) is 33.3 Å². The van der Waals surface area contributed by atoms with Gasteiger partial charge in [-0.25, -0.2) is 9.97 Å². The summed E-state index contributed by atoms with van der Waals surface area (Å²) in [6.07, 6.45) is 3.76. The second-order valence-corrected chi connectivity index (χ2v) is 8.42. The lowest BCUT2D eigenvalue weighted by molar-refractivity contribution is 0.188. The Kier molecular flexibility index (Phi) is 6.60. The first-order chi connectivity index (χ1) is 17.6. The summed E-state index contributed by atoms with van der Waals surface area (Å²) in [7, 11) is 5.05. The largest absolute Gasteiger partial charge is 0.497 e. The van der Waals surface area contributed by atoms with E-state index < -0.39 is 0 Å². The maximum Gasteiger partial charge on any atom is 0.144 e. The molecule has 0 bridgehead atoms. The smallest absolute Gasteiger partial charge is 0.144 e. The Labute approximate surface area is 210 Å². The molecule has 5 aromatic rings. The van der Waals surface area contributed by atoms with Crippen LogP contribution in [-0.2, 0) is 11.3 Å². The van der Waals surface area contributed by atoms with Crippen molar-refractivity contribution >= 4 is 22.4 Å². The minimum absolute atomic E-state index is 0.576. The molecular formula is C28H29N5O3. The number of benzene rings is 3. The van der Waals surface area contributed by atoms with Crippen LogP contribution in [0.4, 0.5) is 11.4 Å². The van der Waals surface area contributed by atoms with Crippen molar-refractivity contribution in [3.63, 3.8) is 0 Å². The second-order valence-electron chi connectivity index (χ2n) is 8.42. The summed E-state index contributed by atoms with van der Waals surface area (Å²) in [5.74, 6) is 2.39. The molecule has 5 rings (SSSR count). The molecule has 0 aliphatic heterocycles. The molecule has 0 aliphatic rings. The summed E-state index contributed by atoms with van der Waals surface area (Å²) >= 11 is 0. The third-order valence-corrected chi connectivity index (χ3v) is 6.07. The van der Waals surface area contributed by atoms with Gasteiger partial charge in [-0.15, -0.1) is 0 Å². The van der Waals surface area contributed by atoms with E-state index in [9.17, 15) is 0 Å². The number of anilines is 2. The van der Waals surface area contributed by atoms with Crippen LogP contribution in [0.25, 0.3) is 28.1 Å². The standard InChI is InChI=1S/C28H29N5O3/c1-19-17-32(18-29-19)24-12-11-21(16-26(24)36-4)30-23-9-6-10-25-27(23)31-28(33(25)13-14-34-2)20-7-5-8-22(15-20)35-3/h5-12,15-18,30H,13-14H2,1-4H3. The van der Waals surface area contributed by atoms with E-state index in [1.807, 2.05) is 72.3 Å². The number of hydrogen-bond donors (Lipinski definition) is 1. The summed E-state index contributed by atoms with van der Waals surface area (Å²) in [5.41, 5.74) is 6.55. The molecule has 0 saturated heterocycles. The van der Waals surface area contributed by atoms with E-state index in [0.717, 1.165) is 56.7 Å². The molecule has 0 atom stereocenters. The predicted octanol–water partition coefficient (Wildman–Crippen LogP) is 5.60. The Balaban J connectivity index is 1.56. The van der Waals surface area contributed by atoms with Crippen molar-refractivity contribution in [1.82, 2.24) is 19.1 Å². The van der Waals surface area contributed by atoms with E-state index in [1.165, 1.54) is 0 Å². The third kappa shape index (κ3) is 4.50. The van der Waals surface area contributed by atoms with Crippen LogP contribution in [0.5, 0.6) is 11.5 Å². The Morgan fingerprint density at radius 1 is 0.944 bits per heavy atom. The number of nitrogens with zero attached hydrogens (tertiary/aromatic N) is 4. The zero-order chi connectivity index (χ0) is 25.1. The molecule has 184 valence electrons. The van der Waals surface area contributed by atoms with E-state index in [4.69, 9.17) is 19.2 Å². The van der Waals surface area contributed by atoms with Gasteiger partial charge in [0.15, 0.2) is 0 Å². The maximum atomic E-state index is 5.69. The van der Waals surface area contributed by atoms with Gasteiger partial charge in [-0.3, -0.25) is 0 Å². The van der Waals surface area contributed by atoms with E-state index in [-0.39, 0.29) is 0 Å². The molecule has 1 N–H and O–H groups in total. The number of imidazole rings is 2. The van der Waals surface area contributed by atoms with Crippen molar-refractivity contribution in [1.29, 1.82) is 0 Å². The average Bonchev–Trinajstić information content (AvgIpc) is 3.51. The fraction of sp³-hybridized carbons (Fsp3) is 0.214. The van der Waals surface area contributed by atoms with E-state index >= 15 is 0 Å². The molecule has 0 spiro atoms. The van der Waals surface area contributed by atoms with Gasteiger partial charge in [-0.05, 0) is 43.3 Å². The number of aryl methyl sites for hydroxylation is 1. The van der Waals surface area contributed by atoms with Gasteiger partial charge in [0.05, 0.1) is 49.7 Å². The quantitative estimate of drug-likeness (QED) is 0.294. The van der Waals surface area contributed by atoms with Crippen LogP contribution in [0.1, 0.15) is 5.69 Å². The number of rotatable bonds is 9. The van der Waals surface area contributed by atoms with Crippen LogP contribution in [0.3, 0.4) is 0 Å². The zero-order valence-corrected chi connectivity index (χ0v) is 20.9. The van der Waals surface area contributed by atoms with Gasteiger partial charge in [0.2, 0.25) is 0 Å². The minimum atomic E-state index is 0.576. The summed E-state index contributed by atoms with van der Waals surface area (Å²) in [4.78, 5) is 9.39. The number of methoxy groups -OCH3 is 3. The first-order valence-corrected chi connectivity index (χ1v) is 11.7. The van der Waals surface area contributed by atoms with E-state index in [2.05, 4.69) is 20.9 Å². The number of para-hydroxylation sites is 1. The van der Waals surface area contributed by atoms with Crippen molar-refractivity contribution < 1.29 is 14.2 Å². The van der Waals surface area contributed by atoms with Crippen LogP contribution in [0, 0.1) is 6.92 Å². The number of nitrogens with one attached hydrogen (secondary N) is 1. The third-order valence-electron chi connectivity index (χ3n) is 6.07. The fourth-order valence-corrected chi connectivity index (χ4v) is 4.32. The Morgan fingerprint density at radius 2 is 1.81 bits per heavy atom. The van der Waals surface area contributed by atoms with Gasteiger partial charge < -0.3 is 28.7 Å². The first-order valence-electron chi connectivity index (χ1n) is 11.7. The Hall–Kier alpha value is -4.30. The molecule has 0 fully saturated rings. The van der Waals surface area contributed by atoms with Gasteiger partial charge in [0.1, 0.15) is 22.8 Å². The highest BCUT2D eigenvalue weighted by atomic mass is 16.5. The van der Waals surface area contributed by atoms with Gasteiger partial charge in [0.25, 0.3) is 0 Å². The first kappa shape index (κ1) is 23.4. The number of aromatic nitrogens is 4. The molecule has 0 aliphatic carbocycles. The average molecular weight is 484 g/mol. The van der Waals surface area contributed by atoms with Crippen LogP contribution in [0.2, 0.25) is 0 Å². The van der Waals surface area contributed by atoms with Gasteiger partial charge in [0, 0.05) is 37.2 Å². The lowest BCUT2D eigenvalue weighted by atomic mass is 10.2. The van der Waals surface area contributed by atoms with Crippen LogP contribution >= 0.6 is 0 Å². The molecule has 2 heterocycles. The summed E-state index contributed by atoms with van der Waals surface area (Å²) in [6.45, 7) is 3.22. The molecule has 0 radical (unpaired) electrons. The summed E-state index contributed by atoms with van der Waals surface area (Å²) < 4.78 is 20.7. The Morgan fingerprint density at radius 3 is 2.56 bits per heavy atom. The minimum Gasteiger partial charge on any atom is -0.497 e. The molecule has 8 nitrogen and oxygen atoms in total. The lowest BCUT2D eigenvalue weighted by Crippen LogP contribution is -2.06. The fourth-order valence-electron chi connectivity index (χ4n) is 4.32. The molecule has 2 aromatic heterocycles. The van der Waals surface area contributed by atoms with E-state index in [0.29, 0.717) is 13.2 Å². The number of hydrogen-bond acceptors (Lipinski definition) is 6. The van der Waals surface area contributed by atoms with Crippen molar-refractivity contribution in [2.24, 2.45) is 0 Å². The molecule has 3 aromatic carbocycles. The van der Waals surface area contributed by atoms with Crippen LogP contribution in [-0.4, -0.2) is 47.0 Å². The Bertz CT molecular complexity index is 1500. The summed E-state index contributed by atoms with van der Waals surface area (Å²) in [6, 6.07) is 20.1. The lowest BCUT2D eigenvalue weighted by Gasteiger charge is -2.13. The van der Waals surface area contributed by atoms with Crippen molar-refractivity contribution in [2.45, 2.75) is 13.5 Å². The van der Waals surface area contributed by atoms with Gasteiger partial charge in [-0.1, -0.05) is 18.2 Å². The van der Waals surface area contributed by atoms with Gasteiger partial charge in [-0.2, -0.15) is 0 Å². The second kappa shape index (κ2) is 10.1. The predicted molar refractivity (Wildman–Crippen MR) is 142 cm³/mol. The molecule has 36 heavy (non-hydrogen) atoms. The SMILES string of the molecule is COCCn1c(-c2cccc(OC)c2)nc2c(Nc3ccc(-n4cnc(C)c4)c(OC)c3)cccc21. The molecular weight excluding hydrogens is 454 g/mol. The summed E-state index contributed by atoms with van der Waals surface area (Å²) in [5, 5.41) is 3.54. The van der Waals surface area contributed by atoms with Gasteiger partial charge >= 0.3 is 0 Å². The highest BCUT2D eigenvalue weighted by molar-refractivity contribution is 5.93. The highest BCUT2D eigenvalue weighted by Gasteiger charge is 2.16. The van der Waals surface area contributed by atoms with E-state index in [1.54, 1.807) is 27.7 Å². The number of fused-ring (bicyclic) bond motifs is 1. The monoisotopic (exact) mass is 483 g/mol. The van der Waals surface area contributed by atoms with Crippen molar-refractivity contribution in [3.8, 4) is 28.6 Å². The topological polar surface area (TPSA) is 75.4 Å². The maximum absolute atomic E-state index is 5.69. The molecule has 0 unspecified atom stereocenters. The van der Waals surface area contributed by atoms with Crippen molar-refractivity contribution in [3.05, 3.63) is 78.9 Å². The van der Waals surface area contributed by atoms with Crippen LogP contribution in [0.15, 0.2) is 73.2 Å². The molecule has 0 amide bonds. The number of ether oxygens (including phenoxy) is 3. The normalized spacial score (nSPS) is 11.1.